The van der Waals surface area contributed by atoms with Crippen molar-refractivity contribution in [1.82, 2.24) is 5.32 Å². The summed E-state index contributed by atoms with van der Waals surface area (Å²) in [5, 5.41) is 3.02. The summed E-state index contributed by atoms with van der Waals surface area (Å²) in [6.45, 7) is 7.62. The lowest BCUT2D eigenvalue weighted by molar-refractivity contribution is -0.117. The van der Waals surface area contributed by atoms with E-state index in [2.05, 4.69) is 5.32 Å². The zero-order valence-corrected chi connectivity index (χ0v) is 17.2. The summed E-state index contributed by atoms with van der Waals surface area (Å²) in [5.74, 6) is 1.34. The highest BCUT2D eigenvalue weighted by molar-refractivity contribution is 5.97. The third-order valence-corrected chi connectivity index (χ3v) is 4.93. The van der Waals surface area contributed by atoms with Crippen LogP contribution < -0.4 is 19.7 Å². The van der Waals surface area contributed by atoms with E-state index in [4.69, 9.17) is 9.47 Å². The molecule has 1 heterocycles. The summed E-state index contributed by atoms with van der Waals surface area (Å²) in [6, 6.07) is 12.7. The molecule has 1 fully saturated rings. The summed E-state index contributed by atoms with van der Waals surface area (Å²) in [7, 11) is 0. The molecule has 3 rings (SSSR count). The van der Waals surface area contributed by atoms with Gasteiger partial charge in [-0.3, -0.25) is 9.59 Å². The zero-order valence-electron chi connectivity index (χ0n) is 17.2. The molecule has 2 amide bonds. The maximum atomic E-state index is 12.7. The highest BCUT2D eigenvalue weighted by Gasteiger charge is 2.22. The fourth-order valence-electron chi connectivity index (χ4n) is 3.41. The smallest absolute Gasteiger partial charge is 0.251 e. The van der Waals surface area contributed by atoms with Crippen molar-refractivity contribution < 1.29 is 19.1 Å². The van der Waals surface area contributed by atoms with Crippen LogP contribution in [0.4, 0.5) is 5.69 Å². The van der Waals surface area contributed by atoms with Crippen molar-refractivity contribution in [3.05, 3.63) is 53.6 Å². The Bertz CT molecular complexity index is 864. The van der Waals surface area contributed by atoms with E-state index in [0.717, 1.165) is 24.2 Å². The number of rotatable bonds is 8. The van der Waals surface area contributed by atoms with Crippen molar-refractivity contribution in [3.8, 4) is 11.5 Å². The lowest BCUT2D eigenvalue weighted by atomic mass is 10.1. The average Bonchev–Trinajstić information content (AvgIpc) is 3.15. The standard InChI is InChI=1S/C23H28N2O4/c1-4-28-20-13-10-18(15-21(20)29-5-2)16(3)24-23(27)17-8-11-19(12-9-17)25-14-6-7-22(25)26/h8-13,15-16H,4-7,14H2,1-3H3,(H,24,27)/t16-/m0/s1. The molecule has 6 nitrogen and oxygen atoms in total. The van der Waals surface area contributed by atoms with Gasteiger partial charge >= 0.3 is 0 Å². The highest BCUT2D eigenvalue weighted by atomic mass is 16.5. The van der Waals surface area contributed by atoms with E-state index in [1.165, 1.54) is 0 Å². The van der Waals surface area contributed by atoms with E-state index < -0.39 is 0 Å². The van der Waals surface area contributed by atoms with Crippen molar-refractivity contribution in [2.45, 2.75) is 39.7 Å². The highest BCUT2D eigenvalue weighted by Crippen LogP contribution is 2.31. The number of nitrogens with one attached hydrogen (secondary N) is 1. The summed E-state index contributed by atoms with van der Waals surface area (Å²) in [4.78, 5) is 26.3. The Morgan fingerprint density at radius 2 is 1.76 bits per heavy atom. The van der Waals surface area contributed by atoms with Gasteiger partial charge in [-0.1, -0.05) is 6.07 Å². The van der Waals surface area contributed by atoms with Gasteiger partial charge in [-0.25, -0.2) is 0 Å². The molecule has 1 aliphatic heterocycles. The summed E-state index contributed by atoms with van der Waals surface area (Å²) < 4.78 is 11.3. The number of benzene rings is 2. The molecule has 0 radical (unpaired) electrons. The Morgan fingerprint density at radius 1 is 1.07 bits per heavy atom. The van der Waals surface area contributed by atoms with Crippen LogP contribution >= 0.6 is 0 Å². The lowest BCUT2D eigenvalue weighted by Gasteiger charge is -2.18. The molecule has 154 valence electrons. The Morgan fingerprint density at radius 3 is 2.38 bits per heavy atom. The monoisotopic (exact) mass is 396 g/mol. The van der Waals surface area contributed by atoms with Crippen LogP contribution in [0, 0.1) is 0 Å². The van der Waals surface area contributed by atoms with Gasteiger partial charge in [-0.2, -0.15) is 0 Å². The predicted molar refractivity (Wildman–Crippen MR) is 113 cm³/mol. The SMILES string of the molecule is CCOc1ccc([C@H](C)NC(=O)c2ccc(N3CCCC3=O)cc2)cc1OCC. The largest absolute Gasteiger partial charge is 0.490 e. The molecule has 1 saturated heterocycles. The van der Waals surface area contributed by atoms with Gasteiger partial charge in [0.25, 0.3) is 5.91 Å². The first-order chi connectivity index (χ1) is 14.0. The number of nitrogens with zero attached hydrogens (tertiary/aromatic N) is 1. The first-order valence-corrected chi connectivity index (χ1v) is 10.1. The Balaban J connectivity index is 1.68. The molecule has 1 N–H and O–H groups in total. The first-order valence-electron chi connectivity index (χ1n) is 10.1. The molecule has 0 unspecified atom stereocenters. The molecule has 6 heteroatoms. The minimum absolute atomic E-state index is 0.136. The maximum Gasteiger partial charge on any atom is 0.251 e. The van der Waals surface area contributed by atoms with Crippen molar-refractivity contribution in [3.63, 3.8) is 0 Å². The number of hydrogen-bond acceptors (Lipinski definition) is 4. The zero-order chi connectivity index (χ0) is 20.8. The van der Waals surface area contributed by atoms with Crippen LogP contribution in [-0.2, 0) is 4.79 Å². The van der Waals surface area contributed by atoms with Gasteiger partial charge in [-0.15, -0.1) is 0 Å². The van der Waals surface area contributed by atoms with Crippen LogP contribution in [0.1, 0.15) is 55.6 Å². The summed E-state index contributed by atoms with van der Waals surface area (Å²) in [5.41, 5.74) is 2.33. The van der Waals surface area contributed by atoms with Gasteiger partial charge < -0.3 is 19.7 Å². The number of carbonyl (C=O) groups excluding carboxylic acids is 2. The van der Waals surface area contributed by atoms with E-state index in [9.17, 15) is 9.59 Å². The van der Waals surface area contributed by atoms with Gasteiger partial charge in [0.15, 0.2) is 11.5 Å². The maximum absolute atomic E-state index is 12.7. The van der Waals surface area contributed by atoms with Crippen molar-refractivity contribution in [2.75, 3.05) is 24.7 Å². The minimum atomic E-state index is -0.197. The second kappa shape index (κ2) is 9.45. The number of carbonyl (C=O) groups is 2. The van der Waals surface area contributed by atoms with Crippen LogP contribution in [0.3, 0.4) is 0 Å². The van der Waals surface area contributed by atoms with E-state index in [-0.39, 0.29) is 17.9 Å². The average molecular weight is 396 g/mol. The molecule has 0 aliphatic carbocycles. The number of hydrogen-bond donors (Lipinski definition) is 1. The molecular weight excluding hydrogens is 368 g/mol. The molecule has 0 aromatic heterocycles. The molecule has 1 atom stereocenters. The summed E-state index contributed by atoms with van der Waals surface area (Å²) >= 11 is 0. The number of anilines is 1. The Kier molecular flexibility index (Phi) is 6.75. The van der Waals surface area contributed by atoms with Crippen LogP contribution in [0.2, 0.25) is 0 Å². The van der Waals surface area contributed by atoms with Crippen LogP contribution in [0.5, 0.6) is 11.5 Å². The van der Waals surface area contributed by atoms with Crippen LogP contribution in [0.15, 0.2) is 42.5 Å². The normalized spacial score (nSPS) is 14.6. The molecule has 0 bridgehead atoms. The van der Waals surface area contributed by atoms with Gasteiger partial charge in [0.05, 0.1) is 19.3 Å². The molecule has 0 saturated carbocycles. The topological polar surface area (TPSA) is 67.9 Å². The lowest BCUT2D eigenvalue weighted by Crippen LogP contribution is -2.27. The van der Waals surface area contributed by atoms with Crippen LogP contribution in [-0.4, -0.2) is 31.6 Å². The van der Waals surface area contributed by atoms with E-state index in [0.29, 0.717) is 36.7 Å². The van der Waals surface area contributed by atoms with Crippen molar-refractivity contribution >= 4 is 17.5 Å². The molecule has 2 aromatic carbocycles. The van der Waals surface area contributed by atoms with Crippen molar-refractivity contribution in [2.24, 2.45) is 0 Å². The van der Waals surface area contributed by atoms with Gasteiger partial charge in [0.1, 0.15) is 0 Å². The second-order valence-electron chi connectivity index (χ2n) is 6.96. The quantitative estimate of drug-likeness (QED) is 0.729. The van der Waals surface area contributed by atoms with E-state index in [1.807, 2.05) is 51.1 Å². The summed E-state index contributed by atoms with van der Waals surface area (Å²) in [6.07, 6.45) is 1.47. The predicted octanol–water partition coefficient (Wildman–Crippen LogP) is 4.10. The van der Waals surface area contributed by atoms with Gasteiger partial charge in [0.2, 0.25) is 5.91 Å². The van der Waals surface area contributed by atoms with Gasteiger partial charge in [0, 0.05) is 24.2 Å². The number of ether oxygens (including phenoxy) is 2. The molecule has 2 aromatic rings. The van der Waals surface area contributed by atoms with Gasteiger partial charge in [-0.05, 0) is 69.2 Å². The molecule has 0 spiro atoms. The fourth-order valence-corrected chi connectivity index (χ4v) is 3.41. The van der Waals surface area contributed by atoms with Crippen LogP contribution in [0.25, 0.3) is 0 Å². The Hall–Kier alpha value is -3.02. The van der Waals surface area contributed by atoms with E-state index >= 15 is 0 Å². The van der Waals surface area contributed by atoms with E-state index in [1.54, 1.807) is 17.0 Å². The third-order valence-electron chi connectivity index (χ3n) is 4.93. The molecule has 29 heavy (non-hydrogen) atoms. The molecular formula is C23H28N2O4. The minimum Gasteiger partial charge on any atom is -0.490 e. The van der Waals surface area contributed by atoms with Crippen molar-refractivity contribution in [1.29, 1.82) is 0 Å². The molecule has 1 aliphatic rings. The Labute approximate surface area is 171 Å². The number of amides is 2. The first kappa shape index (κ1) is 20.7. The second-order valence-corrected chi connectivity index (χ2v) is 6.96. The third kappa shape index (κ3) is 4.88. The fraction of sp³-hybridized carbons (Fsp3) is 0.391.